The van der Waals surface area contributed by atoms with Crippen LogP contribution in [0.2, 0.25) is 0 Å². The first-order chi connectivity index (χ1) is 16.4. The van der Waals surface area contributed by atoms with Crippen LogP contribution in [-0.4, -0.2) is 44.5 Å². The molecule has 2 aromatic heterocycles. The topological polar surface area (TPSA) is 126 Å². The Labute approximate surface area is 201 Å². The van der Waals surface area contributed by atoms with E-state index in [9.17, 15) is 14.7 Å². The monoisotopic (exact) mass is 479 g/mol. The second-order valence-electron chi connectivity index (χ2n) is 8.12. The molecule has 0 bridgehead atoms. The standard InChI is InChI=1S/C24H25N5O4S/c1-13(2)34-20-10-9-15(12-25-20)16-5-4-6-17(22(16)33-3)26-18-11-19(27-23(30)14-7-8-14)28-29-21(18)24(31)32/h4-6,9-14H,7-8H2,1-3H3,(H,31,32)(H2,26,27,28,30). The number of carbonyl (C=O) groups excluding carboxylic acids is 1. The Morgan fingerprint density at radius 2 is 1.94 bits per heavy atom. The molecule has 9 nitrogen and oxygen atoms in total. The fourth-order valence-corrected chi connectivity index (χ4v) is 4.10. The number of aromatic carboxylic acids is 1. The molecule has 1 amide bonds. The van der Waals surface area contributed by atoms with E-state index in [0.29, 0.717) is 16.7 Å². The summed E-state index contributed by atoms with van der Waals surface area (Å²) >= 11 is 1.68. The Morgan fingerprint density at radius 1 is 1.15 bits per heavy atom. The molecular weight excluding hydrogens is 454 g/mol. The molecule has 1 fully saturated rings. The van der Waals surface area contributed by atoms with Gasteiger partial charge in [0, 0.05) is 34.6 Å². The number of anilines is 3. The lowest BCUT2D eigenvalue weighted by Crippen LogP contribution is -2.16. The lowest BCUT2D eigenvalue weighted by atomic mass is 10.1. The maximum absolute atomic E-state index is 12.1. The molecule has 0 atom stereocenters. The number of para-hydroxylation sites is 1. The van der Waals surface area contributed by atoms with E-state index in [1.165, 1.54) is 6.07 Å². The molecule has 0 radical (unpaired) electrons. The van der Waals surface area contributed by atoms with Gasteiger partial charge >= 0.3 is 5.97 Å². The summed E-state index contributed by atoms with van der Waals surface area (Å²) in [6, 6.07) is 10.9. The van der Waals surface area contributed by atoms with Gasteiger partial charge in [-0.3, -0.25) is 4.79 Å². The minimum Gasteiger partial charge on any atom is -0.494 e. The molecule has 3 aromatic rings. The Hall–Kier alpha value is -3.66. The first kappa shape index (κ1) is 23.5. The van der Waals surface area contributed by atoms with Gasteiger partial charge in [0.15, 0.2) is 11.5 Å². The highest BCUT2D eigenvalue weighted by atomic mass is 32.2. The van der Waals surface area contributed by atoms with Crippen molar-refractivity contribution in [3.8, 4) is 16.9 Å². The number of amides is 1. The summed E-state index contributed by atoms with van der Waals surface area (Å²) in [6.07, 6.45) is 3.47. The van der Waals surface area contributed by atoms with Gasteiger partial charge in [-0.1, -0.05) is 32.0 Å². The van der Waals surface area contributed by atoms with Crippen molar-refractivity contribution < 1.29 is 19.4 Å². The molecular formula is C24H25N5O4S. The van der Waals surface area contributed by atoms with Crippen LogP contribution in [-0.2, 0) is 4.79 Å². The van der Waals surface area contributed by atoms with E-state index in [1.54, 1.807) is 31.1 Å². The Bertz CT molecular complexity index is 1210. The van der Waals surface area contributed by atoms with E-state index in [4.69, 9.17) is 4.74 Å². The number of rotatable bonds is 9. The lowest BCUT2D eigenvalue weighted by Gasteiger charge is -2.16. The summed E-state index contributed by atoms with van der Waals surface area (Å²) in [5.41, 5.74) is 2.11. The van der Waals surface area contributed by atoms with Crippen molar-refractivity contribution in [1.82, 2.24) is 15.2 Å². The number of pyridine rings is 1. The largest absolute Gasteiger partial charge is 0.494 e. The van der Waals surface area contributed by atoms with Gasteiger partial charge in [0.25, 0.3) is 0 Å². The van der Waals surface area contributed by atoms with Crippen molar-refractivity contribution in [3.63, 3.8) is 0 Å². The summed E-state index contributed by atoms with van der Waals surface area (Å²) in [5, 5.41) is 24.4. The summed E-state index contributed by atoms with van der Waals surface area (Å²) < 4.78 is 5.68. The second-order valence-corrected chi connectivity index (χ2v) is 9.72. The van der Waals surface area contributed by atoms with Crippen LogP contribution in [0.5, 0.6) is 5.75 Å². The molecule has 4 rings (SSSR count). The van der Waals surface area contributed by atoms with E-state index in [-0.39, 0.29) is 29.0 Å². The van der Waals surface area contributed by atoms with Crippen LogP contribution < -0.4 is 15.4 Å². The summed E-state index contributed by atoms with van der Waals surface area (Å²) in [4.78, 5) is 28.4. The third kappa shape index (κ3) is 5.45. The first-order valence-corrected chi connectivity index (χ1v) is 11.7. The Morgan fingerprint density at radius 3 is 2.56 bits per heavy atom. The average Bonchev–Trinajstić information content (AvgIpc) is 3.65. The smallest absolute Gasteiger partial charge is 0.358 e. The van der Waals surface area contributed by atoms with Crippen LogP contribution in [0.25, 0.3) is 11.1 Å². The van der Waals surface area contributed by atoms with E-state index in [0.717, 1.165) is 29.0 Å². The molecule has 0 spiro atoms. The lowest BCUT2D eigenvalue weighted by molar-refractivity contribution is -0.117. The van der Waals surface area contributed by atoms with Crippen molar-refractivity contribution in [3.05, 3.63) is 48.3 Å². The minimum absolute atomic E-state index is 0.0203. The van der Waals surface area contributed by atoms with Crippen LogP contribution in [0.4, 0.5) is 17.2 Å². The zero-order valence-electron chi connectivity index (χ0n) is 19.0. The van der Waals surface area contributed by atoms with Crippen molar-refractivity contribution in [2.24, 2.45) is 5.92 Å². The number of ether oxygens (including phenoxy) is 1. The number of benzene rings is 1. The fraction of sp³-hybridized carbons (Fsp3) is 0.292. The third-order valence-electron chi connectivity index (χ3n) is 5.09. The summed E-state index contributed by atoms with van der Waals surface area (Å²) in [6.45, 7) is 4.22. The second kappa shape index (κ2) is 10.1. The number of carboxylic acids is 1. The van der Waals surface area contributed by atoms with E-state index < -0.39 is 5.97 Å². The molecule has 1 aromatic carbocycles. The molecule has 0 saturated heterocycles. The van der Waals surface area contributed by atoms with Gasteiger partial charge in [-0.25, -0.2) is 9.78 Å². The van der Waals surface area contributed by atoms with Crippen molar-refractivity contribution >= 4 is 40.8 Å². The molecule has 0 unspecified atom stereocenters. The quantitative estimate of drug-likeness (QED) is 0.370. The zero-order chi connectivity index (χ0) is 24.2. The Balaban J connectivity index is 1.66. The number of nitrogens with zero attached hydrogens (tertiary/aromatic N) is 3. The molecule has 176 valence electrons. The van der Waals surface area contributed by atoms with Gasteiger partial charge in [0.1, 0.15) is 5.75 Å². The van der Waals surface area contributed by atoms with E-state index in [2.05, 4.69) is 39.7 Å². The van der Waals surface area contributed by atoms with Crippen LogP contribution >= 0.6 is 11.8 Å². The van der Waals surface area contributed by atoms with Crippen molar-refractivity contribution in [2.75, 3.05) is 17.7 Å². The van der Waals surface area contributed by atoms with E-state index in [1.807, 2.05) is 24.3 Å². The Kier molecular flexibility index (Phi) is 6.97. The number of thioether (sulfide) groups is 1. The van der Waals surface area contributed by atoms with E-state index >= 15 is 0 Å². The number of hydrogen-bond donors (Lipinski definition) is 3. The number of hydrogen-bond acceptors (Lipinski definition) is 8. The number of carbonyl (C=O) groups is 2. The molecule has 1 aliphatic rings. The van der Waals surface area contributed by atoms with Crippen molar-refractivity contribution in [1.29, 1.82) is 0 Å². The molecule has 34 heavy (non-hydrogen) atoms. The number of aromatic nitrogens is 3. The average molecular weight is 480 g/mol. The highest BCUT2D eigenvalue weighted by Crippen LogP contribution is 2.39. The maximum Gasteiger partial charge on any atom is 0.358 e. The SMILES string of the molecule is COc1c(Nc2cc(NC(=O)C3CC3)nnc2C(=O)O)cccc1-c1ccc(SC(C)C)nc1. The van der Waals surface area contributed by atoms with Gasteiger partial charge in [0.2, 0.25) is 5.91 Å². The molecule has 1 aliphatic carbocycles. The third-order valence-corrected chi connectivity index (χ3v) is 6.04. The fourth-order valence-electron chi connectivity index (χ4n) is 3.36. The van der Waals surface area contributed by atoms with Crippen LogP contribution in [0, 0.1) is 5.92 Å². The van der Waals surface area contributed by atoms with Gasteiger partial charge in [-0.05, 0) is 25.0 Å². The van der Waals surface area contributed by atoms with Gasteiger partial charge < -0.3 is 20.5 Å². The number of carboxylic acid groups (broad SMARTS) is 1. The maximum atomic E-state index is 12.1. The normalized spacial score (nSPS) is 12.9. The molecule has 0 aliphatic heterocycles. The molecule has 3 N–H and O–H groups in total. The van der Waals surface area contributed by atoms with Crippen LogP contribution in [0.15, 0.2) is 47.6 Å². The summed E-state index contributed by atoms with van der Waals surface area (Å²) in [7, 11) is 1.55. The highest BCUT2D eigenvalue weighted by Gasteiger charge is 2.30. The molecule has 2 heterocycles. The predicted molar refractivity (Wildman–Crippen MR) is 131 cm³/mol. The summed E-state index contributed by atoms with van der Waals surface area (Å²) in [5.74, 6) is -0.706. The highest BCUT2D eigenvalue weighted by molar-refractivity contribution is 7.99. The molecule has 10 heteroatoms. The predicted octanol–water partition coefficient (Wildman–Crippen LogP) is 4.84. The minimum atomic E-state index is -1.24. The first-order valence-electron chi connectivity index (χ1n) is 10.8. The number of nitrogens with one attached hydrogen (secondary N) is 2. The van der Waals surface area contributed by atoms with Crippen LogP contribution in [0.3, 0.4) is 0 Å². The van der Waals surface area contributed by atoms with Gasteiger partial charge in [-0.2, -0.15) is 0 Å². The zero-order valence-corrected chi connectivity index (χ0v) is 19.8. The van der Waals surface area contributed by atoms with Crippen molar-refractivity contribution in [2.45, 2.75) is 37.0 Å². The van der Waals surface area contributed by atoms with Gasteiger partial charge in [-0.15, -0.1) is 22.0 Å². The number of methoxy groups -OCH3 is 1. The molecule has 1 saturated carbocycles. The van der Waals surface area contributed by atoms with Crippen LogP contribution in [0.1, 0.15) is 37.2 Å². The van der Waals surface area contributed by atoms with Gasteiger partial charge in [0.05, 0.1) is 23.5 Å².